The van der Waals surface area contributed by atoms with Crippen LogP contribution in [0.5, 0.6) is 0 Å². The molecule has 7 nitrogen and oxygen atoms in total. The molecular formula is C22H25N5O2. The van der Waals surface area contributed by atoms with Crippen molar-refractivity contribution in [3.63, 3.8) is 0 Å². The average molecular weight is 391 g/mol. The number of imidazole rings is 2. The Morgan fingerprint density at radius 3 is 2.48 bits per heavy atom. The van der Waals surface area contributed by atoms with Crippen LogP contribution in [-0.2, 0) is 20.1 Å². The van der Waals surface area contributed by atoms with Crippen LogP contribution < -0.4 is 11.2 Å². The SMILES string of the molecule is C=CCn1c(C)c(C)n2c3c(=O)n(Cc4cc(C)ccc4C)c(=O)n(C)c3nc12. The van der Waals surface area contributed by atoms with E-state index in [0.717, 1.165) is 28.1 Å². The van der Waals surface area contributed by atoms with Crippen LogP contribution in [0.2, 0.25) is 0 Å². The minimum atomic E-state index is -0.367. The van der Waals surface area contributed by atoms with Crippen molar-refractivity contribution in [3.05, 3.63) is 79.8 Å². The van der Waals surface area contributed by atoms with Crippen LogP contribution in [-0.4, -0.2) is 23.1 Å². The minimum Gasteiger partial charge on any atom is -0.310 e. The number of aromatic nitrogens is 5. The fourth-order valence-corrected chi connectivity index (χ4v) is 3.94. The molecule has 1 aromatic carbocycles. The predicted octanol–water partition coefficient (Wildman–Crippen LogP) is 2.62. The third-order valence-electron chi connectivity index (χ3n) is 5.77. The summed E-state index contributed by atoms with van der Waals surface area (Å²) in [7, 11) is 1.66. The number of hydrogen-bond donors (Lipinski definition) is 0. The zero-order valence-electron chi connectivity index (χ0n) is 17.5. The summed E-state index contributed by atoms with van der Waals surface area (Å²) in [6, 6.07) is 6.06. The number of aryl methyl sites for hydroxylation is 4. The van der Waals surface area contributed by atoms with Crippen LogP contribution in [0.15, 0.2) is 40.4 Å². The van der Waals surface area contributed by atoms with Gasteiger partial charge < -0.3 is 4.57 Å². The molecule has 0 aliphatic rings. The molecule has 29 heavy (non-hydrogen) atoms. The van der Waals surface area contributed by atoms with Gasteiger partial charge in [-0.05, 0) is 38.8 Å². The molecule has 0 amide bonds. The molecule has 0 atom stereocenters. The lowest BCUT2D eigenvalue weighted by atomic mass is 10.1. The highest BCUT2D eigenvalue weighted by atomic mass is 16.2. The summed E-state index contributed by atoms with van der Waals surface area (Å²) >= 11 is 0. The third-order valence-corrected chi connectivity index (χ3v) is 5.77. The molecular weight excluding hydrogens is 366 g/mol. The number of hydrogen-bond acceptors (Lipinski definition) is 3. The maximum Gasteiger partial charge on any atom is 0.332 e. The van der Waals surface area contributed by atoms with E-state index < -0.39 is 0 Å². The van der Waals surface area contributed by atoms with Gasteiger partial charge >= 0.3 is 5.69 Å². The molecule has 0 unspecified atom stereocenters. The first kappa shape index (κ1) is 19.0. The molecule has 0 saturated heterocycles. The van der Waals surface area contributed by atoms with Gasteiger partial charge in [0.15, 0.2) is 11.2 Å². The molecule has 0 spiro atoms. The number of rotatable bonds is 4. The van der Waals surface area contributed by atoms with Gasteiger partial charge in [-0.2, -0.15) is 4.98 Å². The second kappa shape index (κ2) is 6.62. The normalized spacial score (nSPS) is 11.6. The largest absolute Gasteiger partial charge is 0.332 e. The van der Waals surface area contributed by atoms with Crippen molar-refractivity contribution in [1.82, 2.24) is 23.1 Å². The van der Waals surface area contributed by atoms with Gasteiger partial charge in [0.1, 0.15) is 0 Å². The van der Waals surface area contributed by atoms with Gasteiger partial charge in [-0.25, -0.2) is 4.79 Å². The van der Waals surface area contributed by atoms with Gasteiger partial charge in [0.2, 0.25) is 5.78 Å². The molecule has 0 N–H and O–H groups in total. The maximum absolute atomic E-state index is 13.5. The zero-order valence-corrected chi connectivity index (χ0v) is 17.5. The van der Waals surface area contributed by atoms with E-state index in [9.17, 15) is 9.59 Å². The fourth-order valence-electron chi connectivity index (χ4n) is 3.94. The predicted molar refractivity (Wildman–Crippen MR) is 115 cm³/mol. The number of allylic oxidation sites excluding steroid dienone is 1. The highest BCUT2D eigenvalue weighted by Crippen LogP contribution is 2.21. The number of benzene rings is 1. The second-order valence-electron chi connectivity index (χ2n) is 7.65. The summed E-state index contributed by atoms with van der Waals surface area (Å²) in [6.07, 6.45) is 1.80. The van der Waals surface area contributed by atoms with Crippen molar-refractivity contribution in [3.8, 4) is 0 Å². The van der Waals surface area contributed by atoms with Crippen molar-refractivity contribution >= 4 is 16.9 Å². The van der Waals surface area contributed by atoms with E-state index in [-0.39, 0.29) is 17.8 Å². The monoisotopic (exact) mass is 391 g/mol. The Morgan fingerprint density at radius 2 is 1.79 bits per heavy atom. The lowest BCUT2D eigenvalue weighted by Crippen LogP contribution is -2.39. The molecule has 0 aliphatic heterocycles. The third kappa shape index (κ3) is 2.68. The lowest BCUT2D eigenvalue weighted by Gasteiger charge is -2.11. The summed E-state index contributed by atoms with van der Waals surface area (Å²) in [5.74, 6) is 0.645. The maximum atomic E-state index is 13.5. The molecule has 3 aromatic heterocycles. The Kier molecular flexibility index (Phi) is 4.33. The van der Waals surface area contributed by atoms with Crippen LogP contribution in [0.25, 0.3) is 16.9 Å². The van der Waals surface area contributed by atoms with E-state index in [0.29, 0.717) is 23.5 Å². The van der Waals surface area contributed by atoms with E-state index >= 15 is 0 Å². The quantitative estimate of drug-likeness (QED) is 0.502. The molecule has 7 heteroatoms. The Balaban J connectivity index is 2.08. The molecule has 0 saturated carbocycles. The second-order valence-corrected chi connectivity index (χ2v) is 7.65. The van der Waals surface area contributed by atoms with Crippen LogP contribution >= 0.6 is 0 Å². The molecule has 4 aromatic rings. The zero-order chi connectivity index (χ0) is 21.0. The number of fused-ring (bicyclic) bond motifs is 3. The first-order valence-electron chi connectivity index (χ1n) is 9.61. The molecule has 150 valence electrons. The topological polar surface area (TPSA) is 66.2 Å². The molecule has 4 rings (SSSR count). The standard InChI is InChI=1S/C22H25N5O2/c1-7-10-25-15(4)16(5)27-18-19(23-21(25)27)24(6)22(29)26(20(18)28)12-17-11-13(2)8-9-14(17)3/h7-9,11H,1,10,12H2,2-6H3. The average Bonchev–Trinajstić information content (AvgIpc) is 3.18. The van der Waals surface area contributed by atoms with Gasteiger partial charge in [-0.3, -0.25) is 18.3 Å². The minimum absolute atomic E-state index is 0.230. The summed E-state index contributed by atoms with van der Waals surface area (Å²) < 4.78 is 6.62. The molecule has 0 aliphatic carbocycles. The van der Waals surface area contributed by atoms with Gasteiger partial charge in [0, 0.05) is 25.0 Å². The van der Waals surface area contributed by atoms with Crippen LogP contribution in [0, 0.1) is 27.7 Å². The molecule has 0 radical (unpaired) electrons. The Labute approximate surface area is 168 Å². The molecule has 3 heterocycles. The van der Waals surface area contributed by atoms with Crippen LogP contribution in [0.1, 0.15) is 28.1 Å². The van der Waals surface area contributed by atoms with Gasteiger partial charge in [-0.1, -0.05) is 29.8 Å². The highest BCUT2D eigenvalue weighted by Gasteiger charge is 2.22. The Hall–Kier alpha value is -3.35. The van der Waals surface area contributed by atoms with Crippen molar-refractivity contribution in [2.45, 2.75) is 40.8 Å². The molecule has 0 fully saturated rings. The van der Waals surface area contributed by atoms with Gasteiger partial charge in [0.05, 0.1) is 6.54 Å². The van der Waals surface area contributed by atoms with Crippen molar-refractivity contribution in [1.29, 1.82) is 0 Å². The smallest absolute Gasteiger partial charge is 0.310 e. The summed E-state index contributed by atoms with van der Waals surface area (Å²) in [5.41, 5.74) is 5.18. The van der Waals surface area contributed by atoms with Gasteiger partial charge in [-0.15, -0.1) is 6.58 Å². The van der Waals surface area contributed by atoms with E-state index in [1.165, 1.54) is 9.13 Å². The first-order chi connectivity index (χ1) is 13.8. The van der Waals surface area contributed by atoms with E-state index in [1.54, 1.807) is 13.1 Å². The Bertz CT molecular complexity index is 1410. The van der Waals surface area contributed by atoms with Gasteiger partial charge in [0.25, 0.3) is 5.56 Å². The van der Waals surface area contributed by atoms with E-state index in [1.807, 2.05) is 54.9 Å². The van der Waals surface area contributed by atoms with E-state index in [2.05, 4.69) is 11.6 Å². The van der Waals surface area contributed by atoms with Crippen molar-refractivity contribution < 1.29 is 0 Å². The number of nitrogens with zero attached hydrogens (tertiary/aromatic N) is 5. The summed E-state index contributed by atoms with van der Waals surface area (Å²) in [4.78, 5) is 31.1. The fraction of sp³-hybridized carbons (Fsp3) is 0.318. The Morgan fingerprint density at radius 1 is 1.07 bits per heavy atom. The van der Waals surface area contributed by atoms with Crippen LogP contribution in [0.4, 0.5) is 0 Å². The summed E-state index contributed by atoms with van der Waals surface area (Å²) in [5, 5.41) is 0. The van der Waals surface area contributed by atoms with Crippen molar-refractivity contribution in [2.24, 2.45) is 7.05 Å². The first-order valence-corrected chi connectivity index (χ1v) is 9.61. The molecule has 0 bridgehead atoms. The van der Waals surface area contributed by atoms with Crippen molar-refractivity contribution in [2.75, 3.05) is 0 Å². The summed E-state index contributed by atoms with van der Waals surface area (Å²) in [6.45, 7) is 12.6. The van der Waals surface area contributed by atoms with E-state index in [4.69, 9.17) is 0 Å². The highest BCUT2D eigenvalue weighted by molar-refractivity contribution is 5.76. The van der Waals surface area contributed by atoms with Crippen LogP contribution in [0.3, 0.4) is 0 Å². The lowest BCUT2D eigenvalue weighted by molar-refractivity contribution is 0.654.